The molecule has 0 aromatic heterocycles. The molecule has 1 aromatic rings. The molecule has 0 saturated heterocycles. The lowest BCUT2D eigenvalue weighted by Crippen LogP contribution is -2.40. The van der Waals surface area contributed by atoms with Gasteiger partial charge in [-0.25, -0.2) is 0 Å². The SMILES string of the molecule is O=C1c2ccccc2C(=O)N1[C@@H](/C=C/CO)CO. The largest absolute Gasteiger partial charge is 0.394 e. The maximum atomic E-state index is 12.1. The number of aliphatic hydroxyl groups excluding tert-OH is 2. The van der Waals surface area contributed by atoms with E-state index in [-0.39, 0.29) is 13.2 Å². The molecule has 1 aliphatic heterocycles. The molecule has 0 radical (unpaired) electrons. The highest BCUT2D eigenvalue weighted by atomic mass is 16.3. The topological polar surface area (TPSA) is 77.8 Å². The molecule has 1 heterocycles. The van der Waals surface area contributed by atoms with Gasteiger partial charge in [0.1, 0.15) is 0 Å². The molecule has 0 fully saturated rings. The summed E-state index contributed by atoms with van der Waals surface area (Å²) in [4.78, 5) is 25.1. The molecule has 0 aliphatic carbocycles. The van der Waals surface area contributed by atoms with Gasteiger partial charge in [-0.1, -0.05) is 24.3 Å². The number of carbonyl (C=O) groups is 2. The Morgan fingerprint density at radius 2 is 1.67 bits per heavy atom. The van der Waals surface area contributed by atoms with Gasteiger partial charge >= 0.3 is 0 Å². The molecule has 2 N–H and O–H groups in total. The lowest BCUT2D eigenvalue weighted by Gasteiger charge is -2.21. The summed E-state index contributed by atoms with van der Waals surface area (Å²) >= 11 is 0. The molecule has 5 heteroatoms. The fourth-order valence-electron chi connectivity index (χ4n) is 1.96. The van der Waals surface area contributed by atoms with Crippen LogP contribution in [-0.4, -0.2) is 46.2 Å². The number of carbonyl (C=O) groups excluding carboxylic acids is 2. The second-order valence-electron chi connectivity index (χ2n) is 3.89. The van der Waals surface area contributed by atoms with Crippen LogP contribution in [0.25, 0.3) is 0 Å². The highest BCUT2D eigenvalue weighted by Crippen LogP contribution is 2.24. The predicted molar refractivity (Wildman–Crippen MR) is 64.0 cm³/mol. The van der Waals surface area contributed by atoms with E-state index < -0.39 is 17.9 Å². The molecule has 2 amide bonds. The highest BCUT2D eigenvalue weighted by Gasteiger charge is 2.38. The molecule has 0 bridgehead atoms. The van der Waals surface area contributed by atoms with E-state index in [1.165, 1.54) is 12.2 Å². The smallest absolute Gasteiger partial charge is 0.262 e. The van der Waals surface area contributed by atoms with E-state index in [0.29, 0.717) is 11.1 Å². The fourth-order valence-corrected chi connectivity index (χ4v) is 1.96. The number of nitrogens with zero attached hydrogens (tertiary/aromatic N) is 1. The standard InChI is InChI=1S/C13H13NO4/c15-7-3-4-9(8-16)14-12(17)10-5-1-2-6-11(10)13(14)18/h1-6,9,15-16H,7-8H2/b4-3+/t9-/m0/s1. The van der Waals surface area contributed by atoms with Crippen molar-refractivity contribution in [2.45, 2.75) is 6.04 Å². The van der Waals surface area contributed by atoms with Gasteiger partial charge in [0.05, 0.1) is 30.4 Å². The van der Waals surface area contributed by atoms with Crippen molar-refractivity contribution in [3.8, 4) is 0 Å². The summed E-state index contributed by atoms with van der Waals surface area (Å²) in [6, 6.07) is 5.79. The summed E-state index contributed by atoms with van der Waals surface area (Å²) in [6.45, 7) is -0.582. The predicted octanol–water partition coefficient (Wildman–Crippen LogP) is 0.192. The minimum Gasteiger partial charge on any atom is -0.394 e. The van der Waals surface area contributed by atoms with E-state index in [4.69, 9.17) is 5.11 Å². The summed E-state index contributed by atoms with van der Waals surface area (Å²) in [6.07, 6.45) is 2.84. The van der Waals surface area contributed by atoms with Gasteiger partial charge in [-0.15, -0.1) is 0 Å². The number of fused-ring (bicyclic) bond motifs is 1. The zero-order chi connectivity index (χ0) is 13.1. The second kappa shape index (κ2) is 5.12. The van der Waals surface area contributed by atoms with Crippen LogP contribution in [0.4, 0.5) is 0 Å². The van der Waals surface area contributed by atoms with E-state index in [1.807, 2.05) is 0 Å². The van der Waals surface area contributed by atoms with Gasteiger partial charge in [-0.2, -0.15) is 0 Å². The first kappa shape index (κ1) is 12.5. The molecule has 0 spiro atoms. The van der Waals surface area contributed by atoms with E-state index in [0.717, 1.165) is 4.90 Å². The van der Waals surface area contributed by atoms with Crippen LogP contribution >= 0.6 is 0 Å². The number of rotatable bonds is 4. The Hall–Kier alpha value is -1.98. The number of hydrogen-bond acceptors (Lipinski definition) is 4. The zero-order valence-corrected chi connectivity index (χ0v) is 9.61. The third-order valence-corrected chi connectivity index (χ3v) is 2.81. The van der Waals surface area contributed by atoms with E-state index in [2.05, 4.69) is 0 Å². The van der Waals surface area contributed by atoms with Crippen LogP contribution in [0.5, 0.6) is 0 Å². The molecule has 18 heavy (non-hydrogen) atoms. The fraction of sp³-hybridized carbons (Fsp3) is 0.231. The van der Waals surface area contributed by atoms with Crippen molar-refractivity contribution in [2.75, 3.05) is 13.2 Å². The Bertz CT molecular complexity index is 474. The van der Waals surface area contributed by atoms with Crippen molar-refractivity contribution in [2.24, 2.45) is 0 Å². The molecule has 1 aliphatic rings. The number of benzene rings is 1. The Morgan fingerprint density at radius 1 is 1.11 bits per heavy atom. The monoisotopic (exact) mass is 247 g/mol. The Morgan fingerprint density at radius 3 is 2.11 bits per heavy atom. The van der Waals surface area contributed by atoms with Crippen LogP contribution in [0.3, 0.4) is 0 Å². The first-order valence-corrected chi connectivity index (χ1v) is 5.56. The second-order valence-corrected chi connectivity index (χ2v) is 3.89. The van der Waals surface area contributed by atoms with Crippen molar-refractivity contribution in [1.29, 1.82) is 0 Å². The number of hydrogen-bond donors (Lipinski definition) is 2. The van der Waals surface area contributed by atoms with Crippen molar-refractivity contribution in [3.63, 3.8) is 0 Å². The Kier molecular flexibility index (Phi) is 3.55. The molecule has 2 rings (SSSR count). The lowest BCUT2D eigenvalue weighted by atomic mass is 10.1. The van der Waals surface area contributed by atoms with Gasteiger partial charge in [0, 0.05) is 0 Å². The third kappa shape index (κ3) is 1.94. The Labute approximate surface area is 104 Å². The van der Waals surface area contributed by atoms with E-state index in [9.17, 15) is 14.7 Å². The van der Waals surface area contributed by atoms with Gasteiger partial charge < -0.3 is 10.2 Å². The lowest BCUT2D eigenvalue weighted by molar-refractivity contribution is 0.0564. The van der Waals surface area contributed by atoms with Gasteiger partial charge in [0.15, 0.2) is 0 Å². The molecule has 1 atom stereocenters. The van der Waals surface area contributed by atoms with Crippen LogP contribution < -0.4 is 0 Å². The summed E-state index contributed by atoms with van der Waals surface area (Å²) in [5, 5.41) is 18.0. The summed E-state index contributed by atoms with van der Waals surface area (Å²) < 4.78 is 0. The number of amides is 2. The van der Waals surface area contributed by atoms with Crippen LogP contribution in [0.15, 0.2) is 36.4 Å². The molecule has 5 nitrogen and oxygen atoms in total. The normalized spacial score (nSPS) is 16.4. The average Bonchev–Trinajstić information content (AvgIpc) is 2.65. The minimum absolute atomic E-state index is 0.209. The molecule has 1 aromatic carbocycles. The number of aliphatic hydroxyl groups is 2. The van der Waals surface area contributed by atoms with Crippen LogP contribution in [0.1, 0.15) is 20.7 Å². The first-order chi connectivity index (χ1) is 8.70. The van der Waals surface area contributed by atoms with Crippen molar-refractivity contribution < 1.29 is 19.8 Å². The summed E-state index contributed by atoms with van der Waals surface area (Å²) in [5.74, 6) is -0.838. The Balaban J connectivity index is 2.35. The number of imide groups is 1. The summed E-state index contributed by atoms with van der Waals surface area (Å²) in [7, 11) is 0. The van der Waals surface area contributed by atoms with Crippen molar-refractivity contribution in [1.82, 2.24) is 4.90 Å². The van der Waals surface area contributed by atoms with E-state index in [1.54, 1.807) is 24.3 Å². The van der Waals surface area contributed by atoms with Crippen molar-refractivity contribution >= 4 is 11.8 Å². The van der Waals surface area contributed by atoms with Crippen molar-refractivity contribution in [3.05, 3.63) is 47.5 Å². The van der Waals surface area contributed by atoms with Crippen LogP contribution in [0, 0.1) is 0 Å². The molecular weight excluding hydrogens is 234 g/mol. The minimum atomic E-state index is -0.746. The van der Waals surface area contributed by atoms with Crippen LogP contribution in [0.2, 0.25) is 0 Å². The van der Waals surface area contributed by atoms with Crippen LogP contribution in [-0.2, 0) is 0 Å². The molecule has 0 unspecified atom stereocenters. The zero-order valence-electron chi connectivity index (χ0n) is 9.61. The summed E-state index contributed by atoms with van der Waals surface area (Å²) in [5.41, 5.74) is 0.691. The maximum Gasteiger partial charge on any atom is 0.262 e. The van der Waals surface area contributed by atoms with E-state index >= 15 is 0 Å². The first-order valence-electron chi connectivity index (χ1n) is 5.56. The quantitative estimate of drug-likeness (QED) is 0.588. The average molecular weight is 247 g/mol. The molecule has 0 saturated carbocycles. The molecule has 94 valence electrons. The van der Waals surface area contributed by atoms with Gasteiger partial charge in [0.2, 0.25) is 0 Å². The highest BCUT2D eigenvalue weighted by molar-refractivity contribution is 6.21. The van der Waals surface area contributed by atoms with Gasteiger partial charge in [-0.3, -0.25) is 14.5 Å². The third-order valence-electron chi connectivity index (χ3n) is 2.81. The molecular formula is C13H13NO4. The van der Waals surface area contributed by atoms with Gasteiger partial charge in [0.25, 0.3) is 11.8 Å². The van der Waals surface area contributed by atoms with Gasteiger partial charge in [-0.05, 0) is 12.1 Å². The maximum absolute atomic E-state index is 12.1.